The fourth-order valence-corrected chi connectivity index (χ4v) is 2.40. The maximum absolute atomic E-state index is 11.0. The zero-order chi connectivity index (χ0) is 13.6. The predicted octanol–water partition coefficient (Wildman–Crippen LogP) is 1.69. The average molecular weight is 272 g/mol. The van der Waals surface area contributed by atoms with E-state index in [0.717, 1.165) is 11.1 Å². The van der Waals surface area contributed by atoms with Crippen LogP contribution in [0.1, 0.15) is 30.1 Å². The number of hydrogen-bond donors (Lipinski definition) is 1. The van der Waals surface area contributed by atoms with Gasteiger partial charge >= 0.3 is 0 Å². The fraction of sp³-hybridized carbons (Fsp3) is 0.538. The molecule has 0 spiro atoms. The Morgan fingerprint density at radius 2 is 1.89 bits per heavy atom. The summed E-state index contributed by atoms with van der Waals surface area (Å²) in [6.07, 6.45) is 1.53. The second-order valence-electron chi connectivity index (χ2n) is 4.46. The molecule has 0 fully saturated rings. The minimum absolute atomic E-state index is 0.117. The van der Waals surface area contributed by atoms with Gasteiger partial charge in [-0.3, -0.25) is 0 Å². The Morgan fingerprint density at radius 1 is 1.28 bits per heavy atom. The number of sulfone groups is 1. The van der Waals surface area contributed by atoms with E-state index in [-0.39, 0.29) is 5.75 Å². The molecular formula is C13H20O4S. The van der Waals surface area contributed by atoms with Crippen LogP contribution in [0.2, 0.25) is 0 Å². The summed E-state index contributed by atoms with van der Waals surface area (Å²) in [7, 11) is -1.31. The van der Waals surface area contributed by atoms with Crippen LogP contribution in [0.4, 0.5) is 0 Å². The van der Waals surface area contributed by atoms with Gasteiger partial charge in [0.05, 0.1) is 12.7 Å². The second kappa shape index (κ2) is 6.87. The van der Waals surface area contributed by atoms with Gasteiger partial charge in [-0.15, -0.1) is 0 Å². The number of methoxy groups -OCH3 is 1. The van der Waals surface area contributed by atoms with Crippen LogP contribution in [0, 0.1) is 0 Å². The Hall–Kier alpha value is -0.910. The molecule has 18 heavy (non-hydrogen) atoms. The highest BCUT2D eigenvalue weighted by molar-refractivity contribution is 7.90. The highest BCUT2D eigenvalue weighted by atomic mass is 32.2. The molecule has 0 amide bonds. The number of rotatable bonds is 7. The van der Waals surface area contributed by atoms with Crippen molar-refractivity contribution in [2.75, 3.05) is 19.1 Å². The quantitative estimate of drug-likeness (QED) is 0.820. The lowest BCUT2D eigenvalue weighted by molar-refractivity contribution is 0.166. The highest BCUT2D eigenvalue weighted by Crippen LogP contribution is 2.19. The van der Waals surface area contributed by atoms with Gasteiger partial charge in [0.1, 0.15) is 9.84 Å². The lowest BCUT2D eigenvalue weighted by Crippen LogP contribution is -2.05. The van der Waals surface area contributed by atoms with Crippen molar-refractivity contribution in [1.29, 1.82) is 0 Å². The summed E-state index contributed by atoms with van der Waals surface area (Å²) >= 11 is 0. The summed E-state index contributed by atoms with van der Waals surface area (Å²) in [6, 6.07) is 7.50. The first-order valence-corrected chi connectivity index (χ1v) is 7.92. The average Bonchev–Trinajstić information content (AvgIpc) is 2.28. The van der Waals surface area contributed by atoms with Crippen LogP contribution in [0.15, 0.2) is 24.3 Å². The lowest BCUT2D eigenvalue weighted by atomic mass is 10.0. The van der Waals surface area contributed by atoms with Crippen molar-refractivity contribution < 1.29 is 18.3 Å². The molecule has 0 radical (unpaired) electrons. The molecule has 1 unspecified atom stereocenters. The van der Waals surface area contributed by atoms with Gasteiger partial charge in [-0.2, -0.15) is 0 Å². The summed E-state index contributed by atoms with van der Waals surface area (Å²) in [4.78, 5) is 0. The van der Waals surface area contributed by atoms with Crippen molar-refractivity contribution >= 4 is 9.84 Å². The molecule has 5 heteroatoms. The molecule has 0 saturated carbocycles. The van der Waals surface area contributed by atoms with Crippen LogP contribution in [0.5, 0.6) is 0 Å². The maximum Gasteiger partial charge on any atom is 0.147 e. The zero-order valence-corrected chi connectivity index (χ0v) is 11.6. The van der Waals surface area contributed by atoms with Crippen molar-refractivity contribution in [3.8, 4) is 0 Å². The largest absolute Gasteiger partial charge is 0.388 e. The summed E-state index contributed by atoms with van der Waals surface area (Å²) < 4.78 is 26.9. The molecule has 1 atom stereocenters. The van der Waals surface area contributed by atoms with Gasteiger partial charge in [-0.1, -0.05) is 24.3 Å². The van der Waals surface area contributed by atoms with Gasteiger partial charge in [0, 0.05) is 19.1 Å². The molecule has 102 valence electrons. The third-order valence-electron chi connectivity index (χ3n) is 2.67. The van der Waals surface area contributed by atoms with Crippen molar-refractivity contribution in [3.05, 3.63) is 35.4 Å². The molecule has 0 aliphatic carbocycles. The molecule has 0 aromatic heterocycles. The van der Waals surface area contributed by atoms with E-state index in [1.807, 2.05) is 24.3 Å². The van der Waals surface area contributed by atoms with Crippen molar-refractivity contribution in [2.24, 2.45) is 0 Å². The van der Waals surface area contributed by atoms with Crippen LogP contribution in [0.25, 0.3) is 0 Å². The third kappa shape index (κ3) is 5.62. The molecule has 1 aromatic carbocycles. The van der Waals surface area contributed by atoms with Gasteiger partial charge in [0.2, 0.25) is 0 Å². The van der Waals surface area contributed by atoms with E-state index in [9.17, 15) is 13.5 Å². The van der Waals surface area contributed by atoms with E-state index in [1.165, 1.54) is 6.26 Å². The summed E-state index contributed by atoms with van der Waals surface area (Å²) in [5.74, 6) is 0.117. The van der Waals surface area contributed by atoms with Crippen molar-refractivity contribution in [1.82, 2.24) is 0 Å². The molecule has 0 aliphatic heterocycles. The van der Waals surface area contributed by atoms with Crippen molar-refractivity contribution in [2.45, 2.75) is 25.6 Å². The Kier molecular flexibility index (Phi) is 5.78. The van der Waals surface area contributed by atoms with Gasteiger partial charge < -0.3 is 9.84 Å². The second-order valence-corrected chi connectivity index (χ2v) is 6.72. The van der Waals surface area contributed by atoms with E-state index in [4.69, 9.17) is 4.74 Å². The number of aliphatic hydroxyl groups is 1. The normalized spacial score (nSPS) is 13.5. The van der Waals surface area contributed by atoms with Crippen LogP contribution < -0.4 is 0 Å². The van der Waals surface area contributed by atoms with Crippen LogP contribution >= 0.6 is 0 Å². The van der Waals surface area contributed by atoms with Crippen molar-refractivity contribution in [3.63, 3.8) is 0 Å². The Bertz CT molecular complexity index is 450. The Labute approximate surface area is 109 Å². The summed E-state index contributed by atoms with van der Waals surface area (Å²) in [6.45, 7) is 0.546. The van der Waals surface area contributed by atoms with Crippen LogP contribution in [-0.4, -0.2) is 32.6 Å². The van der Waals surface area contributed by atoms with E-state index >= 15 is 0 Å². The molecule has 1 N–H and O–H groups in total. The number of aliphatic hydroxyl groups excluding tert-OH is 1. The molecule has 0 heterocycles. The Morgan fingerprint density at radius 3 is 2.39 bits per heavy atom. The zero-order valence-electron chi connectivity index (χ0n) is 10.8. The standard InChI is InChI=1S/C13H20O4S/c1-17-10-11-5-7-12(8-6-11)13(14)4-3-9-18(2,15)16/h5-8,13-14H,3-4,9-10H2,1-2H3. The first-order valence-electron chi connectivity index (χ1n) is 5.86. The first-order chi connectivity index (χ1) is 8.42. The summed E-state index contributed by atoms with van der Waals surface area (Å²) in [5.41, 5.74) is 1.85. The maximum atomic E-state index is 11.0. The molecule has 1 aromatic rings. The third-order valence-corrected chi connectivity index (χ3v) is 3.70. The number of hydrogen-bond acceptors (Lipinski definition) is 4. The predicted molar refractivity (Wildman–Crippen MR) is 71.1 cm³/mol. The van der Waals surface area contributed by atoms with E-state index in [0.29, 0.717) is 19.4 Å². The smallest absolute Gasteiger partial charge is 0.147 e. The minimum Gasteiger partial charge on any atom is -0.388 e. The molecule has 4 nitrogen and oxygen atoms in total. The first kappa shape index (κ1) is 15.1. The van der Waals surface area contributed by atoms with Gasteiger partial charge in [-0.05, 0) is 24.0 Å². The van der Waals surface area contributed by atoms with Gasteiger partial charge in [0.25, 0.3) is 0 Å². The van der Waals surface area contributed by atoms with E-state index < -0.39 is 15.9 Å². The molecule has 1 rings (SSSR count). The van der Waals surface area contributed by atoms with E-state index in [2.05, 4.69) is 0 Å². The van der Waals surface area contributed by atoms with E-state index in [1.54, 1.807) is 7.11 Å². The Balaban J connectivity index is 2.48. The monoisotopic (exact) mass is 272 g/mol. The molecule has 0 saturated heterocycles. The highest BCUT2D eigenvalue weighted by Gasteiger charge is 2.09. The molecular weight excluding hydrogens is 252 g/mol. The fourth-order valence-electron chi connectivity index (χ4n) is 1.71. The number of ether oxygens (including phenoxy) is 1. The SMILES string of the molecule is COCc1ccc(C(O)CCCS(C)(=O)=O)cc1. The lowest BCUT2D eigenvalue weighted by Gasteiger charge is -2.11. The van der Waals surface area contributed by atoms with Gasteiger partial charge in [0.15, 0.2) is 0 Å². The van der Waals surface area contributed by atoms with Crippen LogP contribution in [-0.2, 0) is 21.2 Å². The topological polar surface area (TPSA) is 63.6 Å². The van der Waals surface area contributed by atoms with Gasteiger partial charge in [-0.25, -0.2) is 8.42 Å². The molecule has 0 bridgehead atoms. The molecule has 0 aliphatic rings. The summed E-state index contributed by atoms with van der Waals surface area (Å²) in [5, 5.41) is 9.91. The van der Waals surface area contributed by atoms with Crippen LogP contribution in [0.3, 0.4) is 0 Å². The number of benzene rings is 1. The minimum atomic E-state index is -2.94.